The molecule has 2 N–H and O–H groups in total. The molecule has 0 saturated heterocycles. The molecule has 0 spiro atoms. The molecule has 0 aliphatic carbocycles. The van der Waals surface area contributed by atoms with Crippen LogP contribution in [-0.4, -0.2) is 14.2 Å². The second-order valence-corrected chi connectivity index (χ2v) is 4.22. The largest absolute Gasteiger partial charge is 0.496 e. The van der Waals surface area contributed by atoms with Gasteiger partial charge >= 0.3 is 0 Å². The summed E-state index contributed by atoms with van der Waals surface area (Å²) in [5.74, 6) is 1.09. The number of nitrogens with two attached hydrogens (primary N) is 1. The Balaban J connectivity index is 3.38. The van der Waals surface area contributed by atoms with Crippen molar-refractivity contribution in [2.24, 2.45) is 5.73 Å². The Morgan fingerprint density at radius 1 is 1.19 bits per heavy atom. The molecule has 0 atom stereocenters. The van der Waals surface area contributed by atoms with E-state index in [4.69, 9.17) is 15.2 Å². The van der Waals surface area contributed by atoms with E-state index >= 15 is 0 Å². The molecule has 0 saturated carbocycles. The predicted octanol–water partition coefficient (Wildman–Crippen LogP) is 2.37. The van der Waals surface area contributed by atoms with Gasteiger partial charge in [-0.15, -0.1) is 0 Å². The first-order valence-electron chi connectivity index (χ1n) is 5.04. The van der Waals surface area contributed by atoms with Crippen LogP contribution in [0.4, 0.5) is 4.39 Å². The van der Waals surface area contributed by atoms with Crippen molar-refractivity contribution >= 4 is 0 Å². The van der Waals surface area contributed by atoms with Crippen LogP contribution < -0.4 is 15.2 Å². The highest BCUT2D eigenvalue weighted by atomic mass is 19.1. The Labute approximate surface area is 95.4 Å². The molecule has 1 aromatic carbocycles. The van der Waals surface area contributed by atoms with Crippen LogP contribution in [0.3, 0.4) is 0 Å². The van der Waals surface area contributed by atoms with Crippen LogP contribution in [0.5, 0.6) is 11.5 Å². The van der Waals surface area contributed by atoms with Crippen LogP contribution in [0.2, 0.25) is 0 Å². The van der Waals surface area contributed by atoms with Crippen LogP contribution in [-0.2, 0) is 12.2 Å². The molecule has 0 aromatic heterocycles. The normalized spacial score (nSPS) is 11.4. The molecule has 4 heteroatoms. The second-order valence-electron chi connectivity index (χ2n) is 4.22. The van der Waals surface area contributed by atoms with Crippen molar-refractivity contribution in [1.29, 1.82) is 0 Å². The molecule has 90 valence electrons. The molecule has 1 rings (SSSR count). The molecular weight excluding hydrogens is 209 g/mol. The van der Waals surface area contributed by atoms with Crippen molar-refractivity contribution in [2.75, 3.05) is 14.2 Å². The average molecular weight is 227 g/mol. The molecule has 0 bridgehead atoms. The number of rotatable bonds is 4. The molecule has 16 heavy (non-hydrogen) atoms. The maximum atomic E-state index is 12.8. The topological polar surface area (TPSA) is 44.5 Å². The molecule has 0 amide bonds. The Morgan fingerprint density at radius 2 is 1.75 bits per heavy atom. The summed E-state index contributed by atoms with van der Waals surface area (Å²) in [5.41, 5.74) is 6.67. The SMILES string of the molecule is COc1cc(OC)c(C(C)(C)N)cc1CF. The minimum absolute atomic E-state index is 0.479. The van der Waals surface area contributed by atoms with Gasteiger partial charge in [0.25, 0.3) is 0 Å². The molecule has 0 fully saturated rings. The van der Waals surface area contributed by atoms with Gasteiger partial charge in [0.2, 0.25) is 0 Å². The van der Waals surface area contributed by atoms with Crippen LogP contribution in [0.1, 0.15) is 25.0 Å². The van der Waals surface area contributed by atoms with Crippen LogP contribution in [0, 0.1) is 0 Å². The van der Waals surface area contributed by atoms with E-state index in [9.17, 15) is 4.39 Å². The fourth-order valence-electron chi connectivity index (χ4n) is 1.57. The fraction of sp³-hybridized carbons (Fsp3) is 0.500. The van der Waals surface area contributed by atoms with Gasteiger partial charge < -0.3 is 15.2 Å². The highest BCUT2D eigenvalue weighted by molar-refractivity contribution is 5.49. The van der Waals surface area contributed by atoms with E-state index in [-0.39, 0.29) is 0 Å². The summed E-state index contributed by atoms with van der Waals surface area (Å²) in [4.78, 5) is 0. The van der Waals surface area contributed by atoms with Crippen molar-refractivity contribution in [3.05, 3.63) is 23.3 Å². The Hall–Kier alpha value is -1.29. The second kappa shape index (κ2) is 4.70. The van der Waals surface area contributed by atoms with E-state index in [1.165, 1.54) is 7.11 Å². The van der Waals surface area contributed by atoms with Gasteiger partial charge in [0, 0.05) is 22.7 Å². The van der Waals surface area contributed by atoms with Crippen molar-refractivity contribution in [1.82, 2.24) is 0 Å². The minimum atomic E-state index is -0.587. The fourth-order valence-corrected chi connectivity index (χ4v) is 1.57. The number of benzene rings is 1. The lowest BCUT2D eigenvalue weighted by atomic mass is 9.92. The van der Waals surface area contributed by atoms with Gasteiger partial charge in [-0.05, 0) is 19.9 Å². The standard InChI is InChI=1S/C12H18FNO2/c1-12(2,14)9-5-8(7-13)10(15-3)6-11(9)16-4/h5-6H,7,14H2,1-4H3. The van der Waals surface area contributed by atoms with Gasteiger partial charge in [-0.25, -0.2) is 4.39 Å². The van der Waals surface area contributed by atoms with Gasteiger partial charge in [0.15, 0.2) is 0 Å². The van der Waals surface area contributed by atoms with Gasteiger partial charge in [-0.1, -0.05) is 0 Å². The smallest absolute Gasteiger partial charge is 0.128 e. The third-order valence-electron chi connectivity index (χ3n) is 2.44. The summed E-state index contributed by atoms with van der Waals surface area (Å²) in [6.07, 6.45) is 0. The van der Waals surface area contributed by atoms with Crippen LogP contribution in [0.15, 0.2) is 12.1 Å². The zero-order chi connectivity index (χ0) is 12.3. The highest BCUT2D eigenvalue weighted by Crippen LogP contribution is 2.34. The minimum Gasteiger partial charge on any atom is -0.496 e. The maximum absolute atomic E-state index is 12.8. The van der Waals surface area contributed by atoms with Gasteiger partial charge in [-0.2, -0.15) is 0 Å². The summed E-state index contributed by atoms with van der Waals surface area (Å²) >= 11 is 0. The lowest BCUT2D eigenvalue weighted by Gasteiger charge is -2.23. The van der Waals surface area contributed by atoms with Crippen molar-refractivity contribution in [2.45, 2.75) is 26.1 Å². The van der Waals surface area contributed by atoms with Gasteiger partial charge in [-0.3, -0.25) is 0 Å². The van der Waals surface area contributed by atoms with Crippen LogP contribution >= 0.6 is 0 Å². The zero-order valence-corrected chi connectivity index (χ0v) is 10.1. The Kier molecular flexibility index (Phi) is 3.75. The van der Waals surface area contributed by atoms with Crippen molar-refractivity contribution < 1.29 is 13.9 Å². The number of alkyl halides is 1. The molecule has 0 radical (unpaired) electrons. The monoisotopic (exact) mass is 227 g/mol. The average Bonchev–Trinajstić information content (AvgIpc) is 2.25. The quantitative estimate of drug-likeness (QED) is 0.858. The summed E-state index contributed by atoms with van der Waals surface area (Å²) in [6.45, 7) is 3.11. The maximum Gasteiger partial charge on any atom is 0.128 e. The summed E-state index contributed by atoms with van der Waals surface area (Å²) < 4.78 is 23.1. The van der Waals surface area contributed by atoms with E-state index in [1.807, 2.05) is 13.8 Å². The van der Waals surface area contributed by atoms with E-state index in [2.05, 4.69) is 0 Å². The molecule has 0 heterocycles. The third-order valence-corrected chi connectivity index (χ3v) is 2.44. The number of halogens is 1. The molecule has 0 unspecified atom stereocenters. The summed E-state index contributed by atoms with van der Waals surface area (Å²) in [5, 5.41) is 0. The van der Waals surface area contributed by atoms with Gasteiger partial charge in [0.1, 0.15) is 18.2 Å². The van der Waals surface area contributed by atoms with Crippen molar-refractivity contribution in [3.63, 3.8) is 0 Å². The summed E-state index contributed by atoms with van der Waals surface area (Å²) in [7, 11) is 3.06. The first-order valence-corrected chi connectivity index (χ1v) is 5.04. The number of ether oxygens (including phenoxy) is 2. The third kappa shape index (κ3) is 2.44. The molecule has 0 aliphatic rings. The van der Waals surface area contributed by atoms with Gasteiger partial charge in [0.05, 0.1) is 14.2 Å². The molecule has 1 aromatic rings. The Bertz CT molecular complexity index is 372. The molecule has 0 aliphatic heterocycles. The predicted molar refractivity (Wildman–Crippen MR) is 61.6 cm³/mol. The molecule has 3 nitrogen and oxygen atoms in total. The van der Waals surface area contributed by atoms with E-state index in [0.29, 0.717) is 17.1 Å². The van der Waals surface area contributed by atoms with E-state index in [1.54, 1.807) is 19.2 Å². The number of hydrogen-bond donors (Lipinski definition) is 1. The molecular formula is C12H18FNO2. The highest BCUT2D eigenvalue weighted by Gasteiger charge is 2.21. The van der Waals surface area contributed by atoms with E-state index < -0.39 is 12.2 Å². The number of methoxy groups -OCH3 is 2. The lowest BCUT2D eigenvalue weighted by molar-refractivity contribution is 0.371. The Morgan fingerprint density at radius 3 is 2.12 bits per heavy atom. The number of hydrogen-bond acceptors (Lipinski definition) is 3. The van der Waals surface area contributed by atoms with Crippen molar-refractivity contribution in [3.8, 4) is 11.5 Å². The zero-order valence-electron chi connectivity index (χ0n) is 10.1. The van der Waals surface area contributed by atoms with E-state index in [0.717, 1.165) is 5.56 Å². The van der Waals surface area contributed by atoms with Crippen LogP contribution in [0.25, 0.3) is 0 Å². The first-order chi connectivity index (χ1) is 7.43. The summed E-state index contributed by atoms with van der Waals surface area (Å²) in [6, 6.07) is 3.36. The lowest BCUT2D eigenvalue weighted by Crippen LogP contribution is -2.29. The first kappa shape index (κ1) is 12.8.